The van der Waals surface area contributed by atoms with Crippen molar-refractivity contribution in [1.29, 1.82) is 0 Å². The quantitative estimate of drug-likeness (QED) is 0.771. The molecule has 0 atom stereocenters. The minimum atomic E-state index is 0.554. The molecule has 3 rings (SSSR count). The van der Waals surface area contributed by atoms with E-state index >= 15 is 0 Å². The fraction of sp³-hybridized carbons (Fsp3) is 0.818. The Hall–Kier alpha value is -0.900. The van der Waals surface area contributed by atoms with Crippen molar-refractivity contribution in [2.75, 3.05) is 13.1 Å². The lowest BCUT2D eigenvalue weighted by molar-refractivity contribution is 0.422. The number of hydrogen-bond acceptors (Lipinski definition) is 3. The maximum Gasteiger partial charge on any atom is 0.156 e. The summed E-state index contributed by atoms with van der Waals surface area (Å²) in [4.78, 5) is 4.65. The lowest BCUT2D eigenvalue weighted by Gasteiger charge is -2.24. The fourth-order valence-electron chi connectivity index (χ4n) is 2.50. The van der Waals surface area contributed by atoms with Crippen molar-refractivity contribution >= 4 is 0 Å². The molecule has 0 bridgehead atoms. The Morgan fingerprint density at radius 3 is 2.47 bits per heavy atom. The molecule has 0 unspecified atom stereocenters. The third-order valence-corrected chi connectivity index (χ3v) is 3.66. The molecule has 82 valence electrons. The van der Waals surface area contributed by atoms with Crippen LogP contribution in [-0.2, 0) is 0 Å². The van der Waals surface area contributed by atoms with Gasteiger partial charge >= 0.3 is 0 Å². The SMILES string of the molecule is C1CCC(c2nc(C3CNC3)n[nH]2)CC1. The summed E-state index contributed by atoms with van der Waals surface area (Å²) in [6.45, 7) is 2.09. The average molecular weight is 206 g/mol. The third-order valence-electron chi connectivity index (χ3n) is 3.66. The van der Waals surface area contributed by atoms with E-state index < -0.39 is 0 Å². The first-order chi connectivity index (χ1) is 7.43. The molecule has 2 fully saturated rings. The minimum absolute atomic E-state index is 0.554. The van der Waals surface area contributed by atoms with E-state index in [2.05, 4.69) is 20.5 Å². The number of aromatic nitrogens is 3. The van der Waals surface area contributed by atoms with Crippen LogP contribution in [0.4, 0.5) is 0 Å². The van der Waals surface area contributed by atoms with Crippen LogP contribution in [0, 0.1) is 0 Å². The third kappa shape index (κ3) is 1.78. The zero-order valence-electron chi connectivity index (χ0n) is 9.00. The Morgan fingerprint density at radius 2 is 1.80 bits per heavy atom. The zero-order chi connectivity index (χ0) is 10.1. The molecule has 4 nitrogen and oxygen atoms in total. The van der Waals surface area contributed by atoms with Gasteiger partial charge in [-0.15, -0.1) is 0 Å². The van der Waals surface area contributed by atoms with Gasteiger partial charge in [-0.1, -0.05) is 19.3 Å². The van der Waals surface area contributed by atoms with Crippen LogP contribution < -0.4 is 5.32 Å². The highest BCUT2D eigenvalue weighted by atomic mass is 15.2. The van der Waals surface area contributed by atoms with E-state index in [4.69, 9.17) is 0 Å². The summed E-state index contributed by atoms with van der Waals surface area (Å²) in [5.74, 6) is 3.36. The van der Waals surface area contributed by atoms with Gasteiger partial charge in [-0.05, 0) is 12.8 Å². The van der Waals surface area contributed by atoms with Crippen molar-refractivity contribution in [3.63, 3.8) is 0 Å². The van der Waals surface area contributed by atoms with Crippen LogP contribution in [0.15, 0.2) is 0 Å². The van der Waals surface area contributed by atoms with Gasteiger partial charge in [0.25, 0.3) is 0 Å². The minimum Gasteiger partial charge on any atom is -0.315 e. The standard InChI is InChI=1S/C11H18N4/c1-2-4-8(5-3-1)10-13-11(15-14-10)9-6-12-7-9/h8-9,12H,1-7H2,(H,13,14,15). The molecule has 1 aliphatic carbocycles. The molecule has 2 N–H and O–H groups in total. The molecule has 1 saturated carbocycles. The van der Waals surface area contributed by atoms with Crippen LogP contribution in [0.5, 0.6) is 0 Å². The molecule has 0 aromatic carbocycles. The topological polar surface area (TPSA) is 53.6 Å². The molecule has 0 spiro atoms. The lowest BCUT2D eigenvalue weighted by Crippen LogP contribution is -2.40. The molecule has 2 aliphatic rings. The van der Waals surface area contributed by atoms with Crippen molar-refractivity contribution in [3.8, 4) is 0 Å². The van der Waals surface area contributed by atoms with Crippen molar-refractivity contribution in [2.24, 2.45) is 0 Å². The van der Waals surface area contributed by atoms with Gasteiger partial charge in [0.1, 0.15) is 5.82 Å². The maximum atomic E-state index is 4.65. The number of nitrogens with zero attached hydrogens (tertiary/aromatic N) is 2. The monoisotopic (exact) mass is 206 g/mol. The van der Waals surface area contributed by atoms with Crippen LogP contribution in [0.25, 0.3) is 0 Å². The summed E-state index contributed by atoms with van der Waals surface area (Å²) in [6.07, 6.45) is 6.68. The van der Waals surface area contributed by atoms with Gasteiger partial charge < -0.3 is 5.32 Å². The highest BCUT2D eigenvalue weighted by Gasteiger charge is 2.25. The van der Waals surface area contributed by atoms with Crippen LogP contribution in [0.2, 0.25) is 0 Å². The van der Waals surface area contributed by atoms with Crippen LogP contribution >= 0.6 is 0 Å². The molecular weight excluding hydrogens is 188 g/mol. The number of aromatic amines is 1. The molecule has 2 heterocycles. The first kappa shape index (κ1) is 9.33. The smallest absolute Gasteiger partial charge is 0.156 e. The van der Waals surface area contributed by atoms with Crippen LogP contribution in [0.1, 0.15) is 55.6 Å². The second kappa shape index (κ2) is 3.93. The van der Waals surface area contributed by atoms with Crippen molar-refractivity contribution in [2.45, 2.75) is 43.9 Å². The molecule has 1 aromatic heterocycles. The van der Waals surface area contributed by atoms with Crippen LogP contribution in [0.3, 0.4) is 0 Å². The molecule has 0 radical (unpaired) electrons. The maximum absolute atomic E-state index is 4.65. The number of H-pyrrole nitrogens is 1. The highest BCUT2D eigenvalue weighted by Crippen LogP contribution is 2.31. The van der Waals surface area contributed by atoms with Gasteiger partial charge in [0, 0.05) is 24.9 Å². The molecule has 0 amide bonds. The van der Waals surface area contributed by atoms with Gasteiger partial charge in [0.2, 0.25) is 0 Å². The second-order valence-electron chi connectivity index (χ2n) is 4.77. The summed E-state index contributed by atoms with van der Waals surface area (Å²) in [7, 11) is 0. The fourth-order valence-corrected chi connectivity index (χ4v) is 2.50. The largest absolute Gasteiger partial charge is 0.315 e. The Bertz CT molecular complexity index is 323. The first-order valence-corrected chi connectivity index (χ1v) is 6.06. The predicted molar refractivity (Wildman–Crippen MR) is 57.8 cm³/mol. The summed E-state index contributed by atoms with van der Waals surface area (Å²) in [5.41, 5.74) is 0. The lowest BCUT2D eigenvalue weighted by atomic mass is 9.89. The molecule has 1 aliphatic heterocycles. The normalized spacial score (nSPS) is 24.0. The zero-order valence-corrected chi connectivity index (χ0v) is 9.00. The Balaban J connectivity index is 1.71. The number of hydrogen-bond donors (Lipinski definition) is 2. The van der Waals surface area contributed by atoms with E-state index in [-0.39, 0.29) is 0 Å². The Labute approximate surface area is 89.9 Å². The molecule has 1 saturated heterocycles. The van der Waals surface area contributed by atoms with E-state index in [0.29, 0.717) is 11.8 Å². The molecule has 1 aromatic rings. The Morgan fingerprint density at radius 1 is 1.00 bits per heavy atom. The molecule has 15 heavy (non-hydrogen) atoms. The van der Waals surface area contributed by atoms with Gasteiger partial charge in [0.05, 0.1) is 0 Å². The second-order valence-corrected chi connectivity index (χ2v) is 4.77. The van der Waals surface area contributed by atoms with E-state index in [1.165, 1.54) is 32.1 Å². The first-order valence-electron chi connectivity index (χ1n) is 6.06. The van der Waals surface area contributed by atoms with E-state index in [1.54, 1.807) is 0 Å². The molecular formula is C11H18N4. The van der Waals surface area contributed by atoms with Gasteiger partial charge in [-0.3, -0.25) is 5.10 Å². The molecule has 4 heteroatoms. The number of nitrogens with one attached hydrogen (secondary N) is 2. The van der Waals surface area contributed by atoms with Crippen molar-refractivity contribution in [1.82, 2.24) is 20.5 Å². The average Bonchev–Trinajstić information content (AvgIpc) is 2.66. The van der Waals surface area contributed by atoms with E-state index in [9.17, 15) is 0 Å². The summed E-state index contributed by atoms with van der Waals surface area (Å²) in [6, 6.07) is 0. The van der Waals surface area contributed by atoms with E-state index in [1.807, 2.05) is 0 Å². The van der Waals surface area contributed by atoms with Gasteiger partial charge in [0.15, 0.2) is 5.82 Å². The number of rotatable bonds is 2. The van der Waals surface area contributed by atoms with Crippen LogP contribution in [-0.4, -0.2) is 28.3 Å². The summed E-state index contributed by atoms with van der Waals surface area (Å²) >= 11 is 0. The van der Waals surface area contributed by atoms with Crippen molar-refractivity contribution < 1.29 is 0 Å². The Kier molecular flexibility index (Phi) is 2.44. The van der Waals surface area contributed by atoms with Gasteiger partial charge in [-0.2, -0.15) is 5.10 Å². The van der Waals surface area contributed by atoms with Gasteiger partial charge in [-0.25, -0.2) is 4.98 Å². The summed E-state index contributed by atoms with van der Waals surface area (Å²) < 4.78 is 0. The van der Waals surface area contributed by atoms with Crippen molar-refractivity contribution in [3.05, 3.63) is 11.6 Å². The highest BCUT2D eigenvalue weighted by molar-refractivity contribution is 5.06. The predicted octanol–water partition coefficient (Wildman–Crippen LogP) is 1.54. The van der Waals surface area contributed by atoms with E-state index in [0.717, 1.165) is 24.7 Å². The summed E-state index contributed by atoms with van der Waals surface area (Å²) in [5, 5.41) is 10.7.